The van der Waals surface area contributed by atoms with Gasteiger partial charge in [0.25, 0.3) is 0 Å². The SMILES string of the molecule is CC(=O)OC(C)(C#Cc1ccccc1)C(C)=O. The number of hydrogen-bond acceptors (Lipinski definition) is 3. The molecule has 1 unspecified atom stereocenters. The molecule has 0 amide bonds. The molecule has 17 heavy (non-hydrogen) atoms. The van der Waals surface area contributed by atoms with Crippen molar-refractivity contribution in [2.24, 2.45) is 0 Å². The molecule has 0 aromatic heterocycles. The molecule has 0 aliphatic heterocycles. The molecule has 1 atom stereocenters. The third kappa shape index (κ3) is 3.76. The first-order chi connectivity index (χ1) is 7.94. The summed E-state index contributed by atoms with van der Waals surface area (Å²) in [7, 11) is 0. The Bertz CT molecular complexity index is 479. The summed E-state index contributed by atoms with van der Waals surface area (Å²) in [6.45, 7) is 4.10. The first-order valence-corrected chi connectivity index (χ1v) is 5.23. The Balaban J connectivity index is 3.00. The first kappa shape index (κ1) is 13.0. The van der Waals surface area contributed by atoms with E-state index in [-0.39, 0.29) is 5.78 Å². The van der Waals surface area contributed by atoms with Gasteiger partial charge >= 0.3 is 5.97 Å². The second-order valence-electron chi connectivity index (χ2n) is 3.80. The number of esters is 1. The van der Waals surface area contributed by atoms with Crippen LogP contribution in [0.4, 0.5) is 0 Å². The molecule has 1 rings (SSSR count). The van der Waals surface area contributed by atoms with Crippen molar-refractivity contribution in [3.05, 3.63) is 35.9 Å². The van der Waals surface area contributed by atoms with Crippen LogP contribution < -0.4 is 0 Å². The van der Waals surface area contributed by atoms with Crippen molar-refractivity contribution in [2.75, 3.05) is 0 Å². The highest BCUT2D eigenvalue weighted by Crippen LogP contribution is 2.11. The van der Waals surface area contributed by atoms with E-state index in [1.165, 1.54) is 20.8 Å². The zero-order chi connectivity index (χ0) is 12.9. The Hall–Kier alpha value is -2.08. The fraction of sp³-hybridized carbons (Fsp3) is 0.286. The van der Waals surface area contributed by atoms with Crippen LogP contribution in [0, 0.1) is 11.8 Å². The lowest BCUT2D eigenvalue weighted by atomic mass is 10.0. The third-order valence-corrected chi connectivity index (χ3v) is 2.24. The van der Waals surface area contributed by atoms with Crippen LogP contribution in [-0.2, 0) is 14.3 Å². The van der Waals surface area contributed by atoms with Gasteiger partial charge in [-0.25, -0.2) is 0 Å². The Kier molecular flexibility index (Phi) is 4.06. The molecular formula is C14H14O3. The molecule has 1 aromatic rings. The van der Waals surface area contributed by atoms with Gasteiger partial charge in [0.05, 0.1) is 0 Å². The van der Waals surface area contributed by atoms with Crippen LogP contribution in [0.5, 0.6) is 0 Å². The van der Waals surface area contributed by atoms with E-state index in [1.807, 2.05) is 30.3 Å². The van der Waals surface area contributed by atoms with Crippen molar-refractivity contribution in [2.45, 2.75) is 26.4 Å². The van der Waals surface area contributed by atoms with E-state index in [0.717, 1.165) is 5.56 Å². The summed E-state index contributed by atoms with van der Waals surface area (Å²) in [6.07, 6.45) is 0. The van der Waals surface area contributed by atoms with Crippen molar-refractivity contribution in [1.29, 1.82) is 0 Å². The van der Waals surface area contributed by atoms with Crippen molar-refractivity contribution < 1.29 is 14.3 Å². The summed E-state index contributed by atoms with van der Waals surface area (Å²) in [5.41, 5.74) is -0.603. The van der Waals surface area contributed by atoms with Crippen molar-refractivity contribution in [1.82, 2.24) is 0 Å². The normalized spacial score (nSPS) is 12.9. The molecule has 3 nitrogen and oxygen atoms in total. The highest BCUT2D eigenvalue weighted by molar-refractivity contribution is 5.90. The summed E-state index contributed by atoms with van der Waals surface area (Å²) < 4.78 is 4.96. The molecule has 0 heterocycles. The Morgan fingerprint density at radius 2 is 1.76 bits per heavy atom. The first-order valence-electron chi connectivity index (χ1n) is 5.23. The molecule has 0 radical (unpaired) electrons. The fourth-order valence-corrected chi connectivity index (χ4v) is 1.19. The highest BCUT2D eigenvalue weighted by atomic mass is 16.6. The molecule has 0 aliphatic rings. The molecule has 0 N–H and O–H groups in total. The van der Waals surface area contributed by atoms with Crippen molar-refractivity contribution in [3.63, 3.8) is 0 Å². The maximum absolute atomic E-state index is 11.4. The average molecular weight is 230 g/mol. The van der Waals surface area contributed by atoms with Crippen LogP contribution in [0.25, 0.3) is 0 Å². The van der Waals surface area contributed by atoms with Gasteiger partial charge in [-0.15, -0.1) is 0 Å². The molecule has 1 aromatic carbocycles. The predicted molar refractivity (Wildman–Crippen MR) is 64.2 cm³/mol. The van der Waals surface area contributed by atoms with Gasteiger partial charge in [0, 0.05) is 12.5 Å². The number of ether oxygens (including phenoxy) is 1. The van der Waals surface area contributed by atoms with Crippen LogP contribution in [0.1, 0.15) is 26.3 Å². The van der Waals surface area contributed by atoms with Gasteiger partial charge in [-0.2, -0.15) is 0 Å². The van der Waals surface area contributed by atoms with E-state index >= 15 is 0 Å². The van der Waals surface area contributed by atoms with E-state index in [4.69, 9.17) is 4.74 Å². The number of ketones is 1. The van der Waals surface area contributed by atoms with Gasteiger partial charge < -0.3 is 4.74 Å². The van der Waals surface area contributed by atoms with E-state index in [2.05, 4.69) is 11.8 Å². The molecule has 0 fully saturated rings. The summed E-state index contributed by atoms with van der Waals surface area (Å²) in [5, 5.41) is 0. The van der Waals surface area contributed by atoms with Gasteiger partial charge in [-0.1, -0.05) is 24.1 Å². The lowest BCUT2D eigenvalue weighted by Crippen LogP contribution is -2.36. The number of hydrogen-bond donors (Lipinski definition) is 0. The van der Waals surface area contributed by atoms with E-state index < -0.39 is 11.6 Å². The lowest BCUT2D eigenvalue weighted by molar-refractivity contribution is -0.157. The largest absolute Gasteiger partial charge is 0.439 e. The second-order valence-corrected chi connectivity index (χ2v) is 3.80. The van der Waals surface area contributed by atoms with E-state index in [1.54, 1.807) is 0 Å². The van der Waals surface area contributed by atoms with Crippen LogP contribution in [0.15, 0.2) is 30.3 Å². The van der Waals surface area contributed by atoms with Crippen LogP contribution >= 0.6 is 0 Å². The molecule has 0 saturated heterocycles. The quantitative estimate of drug-likeness (QED) is 0.576. The lowest BCUT2D eigenvalue weighted by Gasteiger charge is -2.19. The topological polar surface area (TPSA) is 43.4 Å². The Labute approximate surface area is 101 Å². The molecule has 0 bridgehead atoms. The zero-order valence-corrected chi connectivity index (χ0v) is 10.1. The number of Topliss-reactive ketones (excluding diaryl/α,β-unsaturated/α-hetero) is 1. The minimum absolute atomic E-state index is 0.295. The number of carbonyl (C=O) groups is 2. The minimum atomic E-state index is -1.37. The molecule has 0 spiro atoms. The van der Waals surface area contributed by atoms with Crippen LogP contribution in [0.2, 0.25) is 0 Å². The van der Waals surface area contributed by atoms with Gasteiger partial charge in [0.1, 0.15) is 0 Å². The molecule has 88 valence electrons. The molecular weight excluding hydrogens is 216 g/mol. The van der Waals surface area contributed by atoms with Crippen LogP contribution in [0.3, 0.4) is 0 Å². The summed E-state index contributed by atoms with van der Waals surface area (Å²) in [4.78, 5) is 22.4. The second kappa shape index (κ2) is 5.31. The summed E-state index contributed by atoms with van der Waals surface area (Å²) >= 11 is 0. The monoisotopic (exact) mass is 230 g/mol. The Morgan fingerprint density at radius 1 is 1.18 bits per heavy atom. The maximum Gasteiger partial charge on any atom is 0.304 e. The number of carbonyl (C=O) groups excluding carboxylic acids is 2. The highest BCUT2D eigenvalue weighted by Gasteiger charge is 2.30. The van der Waals surface area contributed by atoms with Crippen molar-refractivity contribution in [3.8, 4) is 11.8 Å². The maximum atomic E-state index is 11.4. The number of benzene rings is 1. The van der Waals surface area contributed by atoms with Crippen molar-refractivity contribution >= 4 is 11.8 Å². The fourth-order valence-electron chi connectivity index (χ4n) is 1.19. The van der Waals surface area contributed by atoms with E-state index in [0.29, 0.717) is 0 Å². The molecule has 0 saturated carbocycles. The van der Waals surface area contributed by atoms with Gasteiger partial charge in [-0.05, 0) is 31.9 Å². The predicted octanol–water partition coefficient (Wildman–Crippen LogP) is 1.95. The summed E-state index contributed by atoms with van der Waals surface area (Å²) in [5.74, 6) is 4.71. The smallest absolute Gasteiger partial charge is 0.304 e. The molecule has 3 heteroatoms. The zero-order valence-electron chi connectivity index (χ0n) is 10.1. The van der Waals surface area contributed by atoms with E-state index in [9.17, 15) is 9.59 Å². The summed E-state index contributed by atoms with van der Waals surface area (Å²) in [6, 6.07) is 9.21. The average Bonchev–Trinajstić information content (AvgIpc) is 2.27. The molecule has 0 aliphatic carbocycles. The Morgan fingerprint density at radius 3 is 2.24 bits per heavy atom. The third-order valence-electron chi connectivity index (χ3n) is 2.24. The minimum Gasteiger partial charge on any atom is -0.439 e. The van der Waals surface area contributed by atoms with Gasteiger partial charge in [0.15, 0.2) is 5.78 Å². The van der Waals surface area contributed by atoms with Gasteiger partial charge in [-0.3, -0.25) is 9.59 Å². The standard InChI is InChI=1S/C14H14O3/c1-11(15)14(3,17-12(2)16)10-9-13-7-5-4-6-8-13/h4-8H,1-3H3. The number of rotatable bonds is 2. The van der Waals surface area contributed by atoms with Gasteiger partial charge in [0.2, 0.25) is 5.60 Å². The van der Waals surface area contributed by atoms with Crippen LogP contribution in [-0.4, -0.2) is 17.4 Å².